The van der Waals surface area contributed by atoms with Gasteiger partial charge in [-0.25, -0.2) is 4.39 Å². The Morgan fingerprint density at radius 3 is 2.69 bits per heavy atom. The number of nitrogens with two attached hydrogens (primary N) is 2. The monoisotopic (exact) mass is 426 g/mol. The number of fused-ring (bicyclic) bond motifs is 1. The number of aromatic amines is 1. The fraction of sp³-hybridized carbons (Fsp3) is 0.571. The molecule has 1 heterocycles. The lowest BCUT2D eigenvalue weighted by atomic mass is 9.82. The number of aliphatic hydroxyl groups is 1. The average Bonchev–Trinajstić information content (AvgIpc) is 3.09. The first kappa shape index (κ1) is 23.6. The number of halogens is 2. The molecule has 1 aromatic carbocycles. The van der Waals surface area contributed by atoms with Crippen LogP contribution in [0.3, 0.4) is 0 Å². The number of amides is 1. The Hall–Kier alpha value is -1.67. The molecule has 2 aromatic rings. The SMILES string of the molecule is Cl.NCC(CO)C[C@@H](N)CNC(=O)c1[nH]c2ccc(F)cc2c1C1CCCCC1. The van der Waals surface area contributed by atoms with Crippen LogP contribution >= 0.6 is 12.4 Å². The second-order valence-corrected chi connectivity index (χ2v) is 7.93. The minimum atomic E-state index is -0.297. The van der Waals surface area contributed by atoms with Gasteiger partial charge in [0, 0.05) is 30.1 Å². The number of hydrogen-bond acceptors (Lipinski definition) is 4. The number of aliphatic hydroxyl groups excluding tert-OH is 1. The Morgan fingerprint density at radius 2 is 2.03 bits per heavy atom. The van der Waals surface area contributed by atoms with E-state index in [1.54, 1.807) is 6.07 Å². The largest absolute Gasteiger partial charge is 0.396 e. The zero-order valence-electron chi connectivity index (χ0n) is 16.6. The van der Waals surface area contributed by atoms with E-state index < -0.39 is 0 Å². The molecule has 1 aliphatic rings. The lowest BCUT2D eigenvalue weighted by Crippen LogP contribution is -2.40. The summed E-state index contributed by atoms with van der Waals surface area (Å²) in [6.45, 7) is 0.637. The summed E-state index contributed by atoms with van der Waals surface area (Å²) in [5, 5.41) is 12.9. The molecule has 3 rings (SSSR count). The van der Waals surface area contributed by atoms with Crippen molar-refractivity contribution >= 4 is 29.2 Å². The lowest BCUT2D eigenvalue weighted by molar-refractivity contribution is 0.0943. The molecule has 29 heavy (non-hydrogen) atoms. The van der Waals surface area contributed by atoms with E-state index in [4.69, 9.17) is 11.5 Å². The van der Waals surface area contributed by atoms with Gasteiger partial charge in [-0.2, -0.15) is 0 Å². The van der Waals surface area contributed by atoms with Crippen LogP contribution in [0.2, 0.25) is 0 Å². The molecule has 1 fully saturated rings. The minimum absolute atomic E-state index is 0. The molecule has 1 aliphatic carbocycles. The lowest BCUT2D eigenvalue weighted by Gasteiger charge is -2.23. The first-order chi connectivity index (χ1) is 13.5. The van der Waals surface area contributed by atoms with E-state index in [2.05, 4.69) is 10.3 Å². The van der Waals surface area contributed by atoms with Gasteiger partial charge in [0.05, 0.1) is 0 Å². The average molecular weight is 427 g/mol. The number of carbonyl (C=O) groups excluding carboxylic acids is 1. The highest BCUT2D eigenvalue weighted by Gasteiger charge is 2.26. The second-order valence-electron chi connectivity index (χ2n) is 7.93. The second kappa shape index (κ2) is 10.9. The van der Waals surface area contributed by atoms with Crippen molar-refractivity contribution in [2.75, 3.05) is 19.7 Å². The molecule has 6 nitrogen and oxygen atoms in total. The van der Waals surface area contributed by atoms with Crippen LogP contribution in [0, 0.1) is 11.7 Å². The summed E-state index contributed by atoms with van der Waals surface area (Å²) >= 11 is 0. The molecular weight excluding hydrogens is 395 g/mol. The Bertz CT molecular complexity index is 803. The number of benzene rings is 1. The van der Waals surface area contributed by atoms with E-state index in [9.17, 15) is 14.3 Å². The van der Waals surface area contributed by atoms with Crippen LogP contribution < -0.4 is 16.8 Å². The maximum Gasteiger partial charge on any atom is 0.268 e. The van der Waals surface area contributed by atoms with Crippen LogP contribution in [0.25, 0.3) is 10.9 Å². The molecule has 8 heteroatoms. The smallest absolute Gasteiger partial charge is 0.268 e. The van der Waals surface area contributed by atoms with Gasteiger partial charge >= 0.3 is 0 Å². The number of aromatic nitrogens is 1. The van der Waals surface area contributed by atoms with Crippen molar-refractivity contribution in [2.24, 2.45) is 17.4 Å². The van der Waals surface area contributed by atoms with Gasteiger partial charge in [-0.15, -0.1) is 12.4 Å². The zero-order valence-corrected chi connectivity index (χ0v) is 17.4. The molecule has 1 aromatic heterocycles. The van der Waals surface area contributed by atoms with Crippen LogP contribution in [0.4, 0.5) is 4.39 Å². The summed E-state index contributed by atoms with van der Waals surface area (Å²) in [6, 6.07) is 4.32. The predicted molar refractivity (Wildman–Crippen MR) is 116 cm³/mol. The third-order valence-electron chi connectivity index (χ3n) is 5.79. The maximum atomic E-state index is 13.9. The third-order valence-corrected chi connectivity index (χ3v) is 5.79. The van der Waals surface area contributed by atoms with Crippen molar-refractivity contribution in [3.63, 3.8) is 0 Å². The van der Waals surface area contributed by atoms with Crippen LogP contribution in [-0.2, 0) is 0 Å². The molecule has 1 amide bonds. The topological polar surface area (TPSA) is 117 Å². The van der Waals surface area contributed by atoms with Gasteiger partial charge in [0.25, 0.3) is 5.91 Å². The normalized spacial score (nSPS) is 17.0. The van der Waals surface area contributed by atoms with E-state index in [0.29, 0.717) is 25.2 Å². The van der Waals surface area contributed by atoms with Gasteiger partial charge in [-0.1, -0.05) is 19.3 Å². The molecule has 1 saturated carbocycles. The van der Waals surface area contributed by atoms with Crippen LogP contribution in [0.1, 0.15) is 60.5 Å². The molecule has 2 atom stereocenters. The number of rotatable bonds is 8. The van der Waals surface area contributed by atoms with Gasteiger partial charge in [0.2, 0.25) is 0 Å². The van der Waals surface area contributed by atoms with E-state index in [-0.39, 0.29) is 48.6 Å². The van der Waals surface area contributed by atoms with Gasteiger partial charge in [0.15, 0.2) is 0 Å². The number of carbonyl (C=O) groups is 1. The molecule has 0 aliphatic heterocycles. The quantitative estimate of drug-likeness (QED) is 0.446. The van der Waals surface area contributed by atoms with Crippen molar-refractivity contribution in [2.45, 2.75) is 50.5 Å². The third kappa shape index (κ3) is 5.69. The molecule has 0 radical (unpaired) electrons. The number of hydrogen-bond donors (Lipinski definition) is 5. The van der Waals surface area contributed by atoms with E-state index in [0.717, 1.165) is 42.1 Å². The van der Waals surface area contributed by atoms with E-state index in [1.165, 1.54) is 18.6 Å². The zero-order chi connectivity index (χ0) is 20.1. The summed E-state index contributed by atoms with van der Waals surface area (Å²) in [5.41, 5.74) is 13.9. The first-order valence-corrected chi connectivity index (χ1v) is 10.2. The number of nitrogens with one attached hydrogen (secondary N) is 2. The summed E-state index contributed by atoms with van der Waals surface area (Å²) in [6.07, 6.45) is 6.02. The Kier molecular flexibility index (Phi) is 8.89. The fourth-order valence-electron chi connectivity index (χ4n) is 4.25. The molecule has 1 unspecified atom stereocenters. The van der Waals surface area contributed by atoms with Crippen molar-refractivity contribution in [3.8, 4) is 0 Å². The molecule has 0 bridgehead atoms. The molecular formula is C21H32ClFN4O2. The van der Waals surface area contributed by atoms with Gasteiger partial charge in [0.1, 0.15) is 11.5 Å². The molecule has 162 valence electrons. The van der Waals surface area contributed by atoms with Crippen molar-refractivity contribution in [1.29, 1.82) is 0 Å². The summed E-state index contributed by atoms with van der Waals surface area (Å²) in [5.74, 6) is -0.328. The van der Waals surface area contributed by atoms with Crippen molar-refractivity contribution < 1.29 is 14.3 Å². The fourth-order valence-corrected chi connectivity index (χ4v) is 4.25. The highest BCUT2D eigenvalue weighted by molar-refractivity contribution is 6.01. The molecule has 0 spiro atoms. The van der Waals surface area contributed by atoms with Crippen LogP contribution in [0.15, 0.2) is 18.2 Å². The van der Waals surface area contributed by atoms with E-state index >= 15 is 0 Å². The minimum Gasteiger partial charge on any atom is -0.396 e. The van der Waals surface area contributed by atoms with Crippen molar-refractivity contribution in [3.05, 3.63) is 35.3 Å². The summed E-state index contributed by atoms with van der Waals surface area (Å²) in [7, 11) is 0. The molecule has 7 N–H and O–H groups in total. The Balaban J connectivity index is 0.00000300. The maximum absolute atomic E-state index is 13.9. The van der Waals surface area contributed by atoms with E-state index in [1.807, 2.05) is 0 Å². The van der Waals surface area contributed by atoms with Crippen LogP contribution in [-0.4, -0.2) is 41.7 Å². The standard InChI is InChI=1S/C21H31FN4O2.ClH/c22-15-6-7-18-17(9-15)19(14-4-2-1-3-5-14)20(26-18)21(28)25-11-16(24)8-13(10-23)12-27;/h6-7,9,13-14,16,26-27H,1-5,8,10-12,23-24H2,(H,25,28);1H/t13?,16-;/m1./s1. The van der Waals surface area contributed by atoms with Crippen LogP contribution in [0.5, 0.6) is 0 Å². The van der Waals surface area contributed by atoms with Gasteiger partial charge in [-0.3, -0.25) is 4.79 Å². The first-order valence-electron chi connectivity index (χ1n) is 10.2. The summed E-state index contributed by atoms with van der Waals surface area (Å²) in [4.78, 5) is 16.1. The predicted octanol–water partition coefficient (Wildman–Crippen LogP) is 2.79. The Labute approximate surface area is 177 Å². The summed E-state index contributed by atoms with van der Waals surface area (Å²) < 4.78 is 13.9. The number of H-pyrrole nitrogens is 1. The Morgan fingerprint density at radius 1 is 1.31 bits per heavy atom. The van der Waals surface area contributed by atoms with Gasteiger partial charge in [-0.05, 0) is 61.4 Å². The van der Waals surface area contributed by atoms with Gasteiger partial charge < -0.3 is 26.9 Å². The highest BCUT2D eigenvalue weighted by atomic mass is 35.5. The van der Waals surface area contributed by atoms with Crippen molar-refractivity contribution in [1.82, 2.24) is 10.3 Å². The molecule has 0 saturated heterocycles. The highest BCUT2D eigenvalue weighted by Crippen LogP contribution is 2.38.